The number of rotatable bonds is 10. The number of ether oxygens (including phenoxy) is 2. The highest BCUT2D eigenvalue weighted by molar-refractivity contribution is 5.65. The van der Waals surface area contributed by atoms with Gasteiger partial charge in [0.2, 0.25) is 0 Å². The van der Waals surface area contributed by atoms with Crippen LogP contribution in [-0.4, -0.2) is 50.6 Å². The zero-order chi connectivity index (χ0) is 22.9. The second-order valence-corrected chi connectivity index (χ2v) is 8.11. The van der Waals surface area contributed by atoms with Crippen LogP contribution in [0.25, 0.3) is 11.4 Å². The van der Waals surface area contributed by atoms with Crippen LogP contribution in [0.4, 0.5) is 4.79 Å². The molecule has 2 aromatic heterocycles. The van der Waals surface area contributed by atoms with Crippen molar-refractivity contribution in [3.8, 4) is 17.1 Å². The standard InChI is InChI=1S/C25H30N4O4/c30-25(31)28(19-20-8-2-1-3-9-20)15-5-7-16-32-21-11-12-22(26-18-21)23-13-14-27-29(23)24-10-4-6-17-33-24/h1-3,8-9,11-14,18,24H,4-7,10,15-17,19H2,(H,30,31). The van der Waals surface area contributed by atoms with Crippen LogP contribution in [0.1, 0.15) is 43.9 Å². The smallest absolute Gasteiger partial charge is 0.407 e. The molecule has 3 heterocycles. The Labute approximate surface area is 193 Å². The Morgan fingerprint density at radius 2 is 2.03 bits per heavy atom. The number of amides is 1. The molecule has 3 aromatic rings. The first-order valence-electron chi connectivity index (χ1n) is 11.5. The van der Waals surface area contributed by atoms with Crippen molar-refractivity contribution in [2.24, 2.45) is 0 Å². The van der Waals surface area contributed by atoms with Gasteiger partial charge in [-0.2, -0.15) is 5.10 Å². The Kier molecular flexibility index (Phi) is 7.92. The molecule has 0 radical (unpaired) electrons. The summed E-state index contributed by atoms with van der Waals surface area (Å²) in [5.74, 6) is 0.693. The second kappa shape index (κ2) is 11.5. The molecule has 4 rings (SSSR count). The lowest BCUT2D eigenvalue weighted by Crippen LogP contribution is -2.30. The van der Waals surface area contributed by atoms with Crippen molar-refractivity contribution in [3.63, 3.8) is 0 Å². The van der Waals surface area contributed by atoms with Crippen LogP contribution in [0, 0.1) is 0 Å². The summed E-state index contributed by atoms with van der Waals surface area (Å²) in [5.41, 5.74) is 2.74. The maximum absolute atomic E-state index is 11.5. The topological polar surface area (TPSA) is 89.7 Å². The van der Waals surface area contributed by atoms with E-state index in [-0.39, 0.29) is 6.23 Å². The lowest BCUT2D eigenvalue weighted by Gasteiger charge is -2.24. The van der Waals surface area contributed by atoms with Gasteiger partial charge >= 0.3 is 6.09 Å². The molecular weight excluding hydrogens is 420 g/mol. The normalized spacial score (nSPS) is 15.8. The lowest BCUT2D eigenvalue weighted by atomic mass is 10.2. The van der Waals surface area contributed by atoms with Crippen LogP contribution in [0.3, 0.4) is 0 Å². The minimum Gasteiger partial charge on any atom is -0.492 e. The maximum atomic E-state index is 11.5. The van der Waals surface area contributed by atoms with Crippen LogP contribution in [0.15, 0.2) is 60.9 Å². The van der Waals surface area contributed by atoms with E-state index < -0.39 is 6.09 Å². The number of benzene rings is 1. The number of carbonyl (C=O) groups is 1. The summed E-state index contributed by atoms with van der Waals surface area (Å²) in [5, 5.41) is 13.9. The van der Waals surface area contributed by atoms with Gasteiger partial charge in [-0.25, -0.2) is 9.48 Å². The summed E-state index contributed by atoms with van der Waals surface area (Å²) in [6, 6.07) is 15.4. The number of pyridine rings is 1. The minimum atomic E-state index is -0.905. The third kappa shape index (κ3) is 6.32. The highest BCUT2D eigenvalue weighted by Crippen LogP contribution is 2.27. The van der Waals surface area contributed by atoms with E-state index in [1.54, 1.807) is 12.4 Å². The van der Waals surface area contributed by atoms with Crippen LogP contribution in [0.5, 0.6) is 5.75 Å². The molecule has 0 bridgehead atoms. The number of hydrogen-bond acceptors (Lipinski definition) is 5. The molecule has 174 valence electrons. The molecule has 1 N–H and O–H groups in total. The van der Waals surface area contributed by atoms with Gasteiger partial charge in [-0.05, 0) is 55.9 Å². The van der Waals surface area contributed by atoms with E-state index in [0.29, 0.717) is 25.4 Å². The molecule has 0 spiro atoms. The summed E-state index contributed by atoms with van der Waals surface area (Å²) in [6.07, 6.45) is 7.23. The average Bonchev–Trinajstić information content (AvgIpc) is 3.35. The largest absolute Gasteiger partial charge is 0.492 e. The molecule has 1 atom stereocenters. The maximum Gasteiger partial charge on any atom is 0.407 e. The van der Waals surface area contributed by atoms with E-state index in [2.05, 4.69) is 10.1 Å². The van der Waals surface area contributed by atoms with Gasteiger partial charge in [-0.15, -0.1) is 0 Å². The van der Waals surface area contributed by atoms with Gasteiger partial charge in [0.1, 0.15) is 5.75 Å². The molecule has 1 aliphatic rings. The molecule has 1 fully saturated rings. The van der Waals surface area contributed by atoms with Gasteiger partial charge in [0.25, 0.3) is 0 Å². The van der Waals surface area contributed by atoms with Gasteiger partial charge in [-0.1, -0.05) is 30.3 Å². The first kappa shape index (κ1) is 22.8. The summed E-state index contributed by atoms with van der Waals surface area (Å²) in [4.78, 5) is 17.5. The van der Waals surface area contributed by atoms with Gasteiger partial charge < -0.3 is 19.5 Å². The molecule has 8 heteroatoms. The van der Waals surface area contributed by atoms with Crippen molar-refractivity contribution < 1.29 is 19.4 Å². The molecule has 1 saturated heterocycles. The minimum absolute atomic E-state index is 0.0336. The molecule has 0 saturated carbocycles. The lowest BCUT2D eigenvalue weighted by molar-refractivity contribution is -0.0384. The van der Waals surface area contributed by atoms with Crippen molar-refractivity contribution in [2.75, 3.05) is 19.8 Å². The molecule has 8 nitrogen and oxygen atoms in total. The van der Waals surface area contributed by atoms with Crippen molar-refractivity contribution in [1.82, 2.24) is 19.7 Å². The van der Waals surface area contributed by atoms with Gasteiger partial charge in [0, 0.05) is 25.9 Å². The van der Waals surface area contributed by atoms with E-state index in [0.717, 1.165) is 55.7 Å². The van der Waals surface area contributed by atoms with Crippen LogP contribution < -0.4 is 4.74 Å². The highest BCUT2D eigenvalue weighted by atomic mass is 16.5. The monoisotopic (exact) mass is 450 g/mol. The van der Waals surface area contributed by atoms with Gasteiger partial charge in [0.15, 0.2) is 6.23 Å². The van der Waals surface area contributed by atoms with Gasteiger partial charge in [0.05, 0.1) is 24.2 Å². The molecule has 33 heavy (non-hydrogen) atoms. The van der Waals surface area contributed by atoms with Crippen molar-refractivity contribution in [1.29, 1.82) is 0 Å². The van der Waals surface area contributed by atoms with Crippen LogP contribution in [-0.2, 0) is 11.3 Å². The van der Waals surface area contributed by atoms with E-state index in [1.807, 2.05) is 53.2 Å². The number of hydrogen-bond donors (Lipinski definition) is 1. The third-order valence-electron chi connectivity index (χ3n) is 5.68. The summed E-state index contributed by atoms with van der Waals surface area (Å²) in [7, 11) is 0. The predicted molar refractivity (Wildman–Crippen MR) is 124 cm³/mol. The SMILES string of the molecule is O=C(O)N(CCCCOc1ccc(-c2ccnn2C2CCCCO2)nc1)Cc1ccccc1. The Hall–Kier alpha value is -3.39. The Bertz CT molecular complexity index is 1000. The fraction of sp³-hybridized carbons (Fsp3) is 0.400. The predicted octanol–water partition coefficient (Wildman–Crippen LogP) is 4.98. The van der Waals surface area contributed by atoms with Crippen LogP contribution >= 0.6 is 0 Å². The fourth-order valence-electron chi connectivity index (χ4n) is 3.92. The molecule has 1 amide bonds. The van der Waals surface area contributed by atoms with Gasteiger partial charge in [-0.3, -0.25) is 4.98 Å². The quantitative estimate of drug-likeness (QED) is 0.438. The third-order valence-corrected chi connectivity index (χ3v) is 5.68. The van der Waals surface area contributed by atoms with E-state index >= 15 is 0 Å². The fourth-order valence-corrected chi connectivity index (χ4v) is 3.92. The molecule has 1 aromatic carbocycles. The summed E-state index contributed by atoms with van der Waals surface area (Å²) in [6.45, 7) is 2.14. The average molecular weight is 451 g/mol. The highest BCUT2D eigenvalue weighted by Gasteiger charge is 2.20. The second-order valence-electron chi connectivity index (χ2n) is 8.11. The number of unbranched alkanes of at least 4 members (excludes halogenated alkanes) is 1. The molecular formula is C25H30N4O4. The molecule has 1 unspecified atom stereocenters. The zero-order valence-electron chi connectivity index (χ0n) is 18.7. The molecule has 0 aliphatic carbocycles. The van der Waals surface area contributed by atoms with E-state index in [9.17, 15) is 9.90 Å². The number of nitrogens with zero attached hydrogens (tertiary/aromatic N) is 4. The van der Waals surface area contributed by atoms with Crippen molar-refractivity contribution in [2.45, 2.75) is 44.9 Å². The zero-order valence-corrected chi connectivity index (χ0v) is 18.7. The Morgan fingerprint density at radius 3 is 2.76 bits per heavy atom. The van der Waals surface area contributed by atoms with E-state index in [4.69, 9.17) is 9.47 Å². The Morgan fingerprint density at radius 1 is 1.15 bits per heavy atom. The summed E-state index contributed by atoms with van der Waals surface area (Å²) < 4.78 is 13.6. The van der Waals surface area contributed by atoms with Crippen molar-refractivity contribution in [3.05, 3.63) is 66.5 Å². The van der Waals surface area contributed by atoms with Crippen LogP contribution in [0.2, 0.25) is 0 Å². The summed E-state index contributed by atoms with van der Waals surface area (Å²) >= 11 is 0. The van der Waals surface area contributed by atoms with Crippen molar-refractivity contribution >= 4 is 6.09 Å². The Balaban J connectivity index is 1.23. The first-order valence-corrected chi connectivity index (χ1v) is 11.5. The first-order chi connectivity index (χ1) is 16.2. The molecule has 1 aliphatic heterocycles. The number of aromatic nitrogens is 3. The number of carboxylic acid groups (broad SMARTS) is 1. The van der Waals surface area contributed by atoms with E-state index in [1.165, 1.54) is 4.90 Å².